The van der Waals surface area contributed by atoms with E-state index in [1.807, 2.05) is 55.6 Å². The Morgan fingerprint density at radius 2 is 1.92 bits per heavy atom. The SMILES string of the molecule is CCOc1cc(-c2ccc(N3CCC4(CCN(C(=O)OC(C)(C)C)C4)CC3)nc2)c2c3cn[nH]c3nn2c1. The highest BCUT2D eigenvalue weighted by atomic mass is 16.6. The molecule has 10 nitrogen and oxygen atoms in total. The molecule has 1 amide bonds. The number of nitrogens with one attached hydrogen (secondary N) is 1. The number of hydrogen-bond donors (Lipinski definition) is 1. The Kier molecular flexibility index (Phi) is 5.92. The molecule has 6 heterocycles. The summed E-state index contributed by atoms with van der Waals surface area (Å²) >= 11 is 0. The summed E-state index contributed by atoms with van der Waals surface area (Å²) in [6, 6.07) is 6.27. The minimum atomic E-state index is -0.466. The van der Waals surface area contributed by atoms with Crippen LogP contribution in [0.5, 0.6) is 5.75 Å². The van der Waals surface area contributed by atoms with Crippen LogP contribution in [-0.4, -0.2) is 74.2 Å². The number of aromatic amines is 1. The van der Waals surface area contributed by atoms with Crippen molar-refractivity contribution < 1.29 is 14.3 Å². The zero-order valence-corrected chi connectivity index (χ0v) is 22.5. The van der Waals surface area contributed by atoms with Crippen LogP contribution in [0.2, 0.25) is 0 Å². The van der Waals surface area contributed by atoms with Crippen molar-refractivity contribution in [2.24, 2.45) is 5.41 Å². The minimum absolute atomic E-state index is 0.177. The standard InChI is InChI=1S/C28H35N7O3/c1-5-37-20-14-21(24-22-16-30-31-25(22)32-35(24)17-20)19-6-7-23(29-15-19)33-11-8-28(9-12-33)10-13-34(18-28)26(36)38-27(2,3)4/h6-7,14-17H,5,8-13,18H2,1-4H3,(H,31,32). The maximum atomic E-state index is 12.6. The third kappa shape index (κ3) is 4.52. The number of anilines is 1. The fraction of sp³-hybridized carbons (Fsp3) is 0.500. The van der Waals surface area contributed by atoms with Crippen LogP contribution in [0.25, 0.3) is 27.7 Å². The molecule has 0 saturated carbocycles. The van der Waals surface area contributed by atoms with Gasteiger partial charge in [0.25, 0.3) is 0 Å². The van der Waals surface area contributed by atoms with Crippen molar-refractivity contribution in [2.45, 2.75) is 52.6 Å². The van der Waals surface area contributed by atoms with Crippen LogP contribution < -0.4 is 9.64 Å². The molecule has 0 bridgehead atoms. The Morgan fingerprint density at radius 3 is 2.63 bits per heavy atom. The molecule has 1 N–H and O–H groups in total. The molecule has 2 aliphatic heterocycles. The first kappa shape index (κ1) is 24.5. The topological polar surface area (TPSA) is 101 Å². The Hall–Kier alpha value is -3.82. The molecule has 2 fully saturated rings. The quantitative estimate of drug-likeness (QED) is 0.411. The van der Waals surface area contributed by atoms with Crippen LogP contribution in [0, 0.1) is 5.41 Å². The molecule has 38 heavy (non-hydrogen) atoms. The highest BCUT2D eigenvalue weighted by Gasteiger charge is 2.43. The van der Waals surface area contributed by atoms with E-state index in [0.29, 0.717) is 6.61 Å². The zero-order chi connectivity index (χ0) is 26.5. The lowest BCUT2D eigenvalue weighted by Gasteiger charge is -2.39. The third-order valence-corrected chi connectivity index (χ3v) is 7.71. The van der Waals surface area contributed by atoms with Crippen LogP contribution in [0.1, 0.15) is 47.0 Å². The Morgan fingerprint density at radius 1 is 1.13 bits per heavy atom. The summed E-state index contributed by atoms with van der Waals surface area (Å²) in [6.07, 6.45) is 8.56. The fourth-order valence-corrected chi connectivity index (χ4v) is 5.77. The van der Waals surface area contributed by atoms with E-state index >= 15 is 0 Å². The molecular formula is C28H35N7O3. The van der Waals surface area contributed by atoms with Gasteiger partial charge in [-0.3, -0.25) is 5.10 Å². The molecule has 0 unspecified atom stereocenters. The van der Waals surface area contributed by atoms with Gasteiger partial charge in [-0.15, -0.1) is 5.10 Å². The van der Waals surface area contributed by atoms with Crippen LogP contribution in [0.15, 0.2) is 36.8 Å². The maximum absolute atomic E-state index is 12.6. The van der Waals surface area contributed by atoms with Crippen molar-refractivity contribution in [1.29, 1.82) is 0 Å². The van der Waals surface area contributed by atoms with Gasteiger partial charge in [0, 0.05) is 43.5 Å². The summed E-state index contributed by atoms with van der Waals surface area (Å²) in [6.45, 7) is 11.7. The van der Waals surface area contributed by atoms with E-state index in [9.17, 15) is 4.79 Å². The first-order valence-corrected chi connectivity index (χ1v) is 13.4. The first-order valence-electron chi connectivity index (χ1n) is 13.4. The number of rotatable bonds is 4. The van der Waals surface area contributed by atoms with Crippen molar-refractivity contribution in [1.82, 2.24) is 29.7 Å². The number of nitrogens with zero attached hydrogens (tertiary/aromatic N) is 6. The molecule has 2 aliphatic rings. The van der Waals surface area contributed by atoms with Gasteiger partial charge in [0.15, 0.2) is 5.65 Å². The maximum Gasteiger partial charge on any atom is 0.410 e. The second-order valence-electron chi connectivity index (χ2n) is 11.5. The summed E-state index contributed by atoms with van der Waals surface area (Å²) < 4.78 is 13.3. The van der Waals surface area contributed by atoms with Gasteiger partial charge in [-0.05, 0) is 70.6 Å². The molecule has 1 spiro atoms. The highest BCUT2D eigenvalue weighted by Crippen LogP contribution is 2.42. The summed E-state index contributed by atoms with van der Waals surface area (Å²) in [7, 11) is 0. The second-order valence-corrected chi connectivity index (χ2v) is 11.5. The van der Waals surface area contributed by atoms with Crippen molar-refractivity contribution >= 4 is 28.5 Å². The van der Waals surface area contributed by atoms with Crippen LogP contribution in [0.4, 0.5) is 10.6 Å². The van der Waals surface area contributed by atoms with E-state index < -0.39 is 5.60 Å². The first-order chi connectivity index (χ1) is 18.2. The average Bonchev–Trinajstić information content (AvgIpc) is 3.59. The average molecular weight is 518 g/mol. The van der Waals surface area contributed by atoms with E-state index in [4.69, 9.17) is 14.5 Å². The summed E-state index contributed by atoms with van der Waals surface area (Å²) in [5.74, 6) is 1.74. The molecule has 4 aromatic rings. The van der Waals surface area contributed by atoms with Crippen molar-refractivity contribution in [3.05, 3.63) is 36.8 Å². The molecule has 0 aliphatic carbocycles. The van der Waals surface area contributed by atoms with Crippen LogP contribution in [-0.2, 0) is 4.74 Å². The summed E-state index contributed by atoms with van der Waals surface area (Å²) in [5, 5.41) is 12.7. The molecule has 0 radical (unpaired) electrons. The number of aromatic nitrogens is 5. The Labute approximate surface area is 221 Å². The minimum Gasteiger partial charge on any atom is -0.492 e. The van der Waals surface area contributed by atoms with Gasteiger partial charge in [-0.2, -0.15) is 5.10 Å². The summed E-state index contributed by atoms with van der Waals surface area (Å²) in [4.78, 5) is 21.7. The number of piperidine rings is 1. The van der Waals surface area contributed by atoms with Gasteiger partial charge < -0.3 is 19.3 Å². The van der Waals surface area contributed by atoms with Crippen molar-refractivity contribution in [3.8, 4) is 16.9 Å². The second kappa shape index (κ2) is 9.18. The van der Waals surface area contributed by atoms with E-state index in [-0.39, 0.29) is 11.5 Å². The third-order valence-electron chi connectivity index (χ3n) is 7.71. The lowest BCUT2D eigenvalue weighted by Crippen LogP contribution is -2.43. The lowest BCUT2D eigenvalue weighted by molar-refractivity contribution is 0.0266. The molecule has 10 heteroatoms. The van der Waals surface area contributed by atoms with Crippen molar-refractivity contribution in [2.75, 3.05) is 37.7 Å². The van der Waals surface area contributed by atoms with Gasteiger partial charge in [-0.25, -0.2) is 14.3 Å². The lowest BCUT2D eigenvalue weighted by atomic mass is 9.78. The number of carbonyl (C=O) groups is 1. The number of pyridine rings is 2. The number of amides is 1. The Balaban J connectivity index is 1.18. The van der Waals surface area contributed by atoms with Crippen LogP contribution in [0.3, 0.4) is 0 Å². The largest absolute Gasteiger partial charge is 0.492 e. The fourth-order valence-electron chi connectivity index (χ4n) is 5.77. The van der Waals surface area contributed by atoms with Gasteiger partial charge in [0.1, 0.15) is 17.2 Å². The molecule has 200 valence electrons. The predicted octanol–water partition coefficient (Wildman–Crippen LogP) is 4.90. The highest BCUT2D eigenvalue weighted by molar-refractivity contribution is 6.00. The molecule has 2 saturated heterocycles. The number of carbonyl (C=O) groups excluding carboxylic acids is 1. The van der Waals surface area contributed by atoms with E-state index in [2.05, 4.69) is 32.3 Å². The number of fused-ring (bicyclic) bond motifs is 3. The Bertz CT molecular complexity index is 1460. The number of likely N-dealkylation sites (tertiary alicyclic amines) is 1. The van der Waals surface area contributed by atoms with Gasteiger partial charge >= 0.3 is 6.09 Å². The predicted molar refractivity (Wildman–Crippen MR) is 146 cm³/mol. The number of ether oxygens (including phenoxy) is 2. The normalized spacial score (nSPS) is 17.6. The summed E-state index contributed by atoms with van der Waals surface area (Å²) in [5.41, 5.74) is 3.43. The van der Waals surface area contributed by atoms with Crippen molar-refractivity contribution in [3.63, 3.8) is 0 Å². The molecule has 0 atom stereocenters. The van der Waals surface area contributed by atoms with E-state index in [0.717, 1.165) is 84.7 Å². The monoisotopic (exact) mass is 517 g/mol. The van der Waals surface area contributed by atoms with E-state index in [1.165, 1.54) is 0 Å². The smallest absolute Gasteiger partial charge is 0.410 e. The number of H-pyrrole nitrogens is 1. The molecular weight excluding hydrogens is 482 g/mol. The van der Waals surface area contributed by atoms with Gasteiger partial charge in [-0.1, -0.05) is 0 Å². The molecule has 4 aromatic heterocycles. The van der Waals surface area contributed by atoms with E-state index in [1.54, 1.807) is 6.20 Å². The van der Waals surface area contributed by atoms with Crippen LogP contribution >= 0.6 is 0 Å². The molecule has 0 aromatic carbocycles. The van der Waals surface area contributed by atoms with Gasteiger partial charge in [0.2, 0.25) is 0 Å². The van der Waals surface area contributed by atoms with Gasteiger partial charge in [0.05, 0.1) is 29.9 Å². The molecule has 6 rings (SSSR count). The number of hydrogen-bond acceptors (Lipinski definition) is 7. The zero-order valence-electron chi connectivity index (χ0n) is 22.5.